The molecule has 2 unspecified atom stereocenters. The van der Waals surface area contributed by atoms with Crippen LogP contribution in [0.3, 0.4) is 0 Å². The molecule has 1 fully saturated rings. The molecule has 1 aromatic carbocycles. The Morgan fingerprint density at radius 3 is 2.67 bits per heavy atom. The third kappa shape index (κ3) is 5.11. The molecule has 0 amide bonds. The number of methoxy groups -OCH3 is 1. The number of rotatable bonds is 8. The van der Waals surface area contributed by atoms with E-state index in [1.807, 2.05) is 24.3 Å². The van der Waals surface area contributed by atoms with E-state index in [0.717, 1.165) is 17.9 Å². The van der Waals surface area contributed by atoms with Crippen LogP contribution in [-0.2, 0) is 9.53 Å². The minimum absolute atomic E-state index is 0.243. The van der Waals surface area contributed by atoms with Gasteiger partial charge in [-0.25, -0.2) is 0 Å². The molecule has 1 aliphatic rings. The summed E-state index contributed by atoms with van der Waals surface area (Å²) in [6, 6.07) is 6.88. The Morgan fingerprint density at radius 2 is 2.05 bits per heavy atom. The SMILES string of the molecule is COc1ccc(OCCCOC2NC(C(=O)O)CS2)cc1. The summed E-state index contributed by atoms with van der Waals surface area (Å²) in [6.45, 7) is 1.07. The van der Waals surface area contributed by atoms with Gasteiger partial charge in [-0.2, -0.15) is 0 Å². The number of carbonyl (C=O) groups is 1. The predicted molar refractivity (Wildman–Crippen MR) is 79.9 cm³/mol. The van der Waals surface area contributed by atoms with E-state index >= 15 is 0 Å². The van der Waals surface area contributed by atoms with E-state index in [-0.39, 0.29) is 5.56 Å². The van der Waals surface area contributed by atoms with Crippen molar-refractivity contribution < 1.29 is 24.1 Å². The molecule has 0 spiro atoms. The second-order valence-corrected chi connectivity index (χ2v) is 5.57. The van der Waals surface area contributed by atoms with Gasteiger partial charge < -0.3 is 19.3 Å². The molecule has 21 heavy (non-hydrogen) atoms. The number of hydrogen-bond donors (Lipinski definition) is 2. The Kier molecular flexibility index (Phi) is 6.16. The molecule has 1 aromatic rings. The molecular weight excluding hydrogens is 294 g/mol. The molecule has 1 aliphatic heterocycles. The maximum absolute atomic E-state index is 10.8. The fraction of sp³-hybridized carbons (Fsp3) is 0.500. The molecule has 0 saturated carbocycles. The number of carboxylic acid groups (broad SMARTS) is 1. The average molecular weight is 313 g/mol. The van der Waals surface area contributed by atoms with Crippen LogP contribution in [-0.4, -0.2) is 48.8 Å². The van der Waals surface area contributed by atoms with Crippen LogP contribution >= 0.6 is 11.8 Å². The van der Waals surface area contributed by atoms with Gasteiger partial charge in [0.25, 0.3) is 0 Å². The first-order valence-electron chi connectivity index (χ1n) is 6.68. The van der Waals surface area contributed by atoms with Crippen molar-refractivity contribution in [2.24, 2.45) is 0 Å². The molecule has 2 atom stereocenters. The summed E-state index contributed by atoms with van der Waals surface area (Å²) in [5.74, 6) is 1.28. The highest BCUT2D eigenvalue weighted by Crippen LogP contribution is 2.20. The predicted octanol–water partition coefficient (Wildman–Crippen LogP) is 1.55. The Bertz CT molecular complexity index is 453. The topological polar surface area (TPSA) is 77.0 Å². The standard InChI is InChI=1S/C14H19NO5S/c1-18-10-3-5-11(6-4-10)19-7-2-8-20-14-15-12(9-21-14)13(16)17/h3-6,12,14-15H,2,7-9H2,1H3,(H,16,17). The van der Waals surface area contributed by atoms with E-state index in [1.165, 1.54) is 11.8 Å². The molecule has 0 aromatic heterocycles. The first-order chi connectivity index (χ1) is 10.2. The lowest BCUT2D eigenvalue weighted by Gasteiger charge is -2.12. The maximum atomic E-state index is 10.8. The Hall–Kier alpha value is -1.44. The summed E-state index contributed by atoms with van der Waals surface area (Å²) < 4.78 is 16.2. The molecule has 0 aliphatic carbocycles. The van der Waals surface area contributed by atoms with Gasteiger partial charge in [0, 0.05) is 12.2 Å². The zero-order chi connectivity index (χ0) is 15.1. The molecular formula is C14H19NO5S. The van der Waals surface area contributed by atoms with Crippen molar-refractivity contribution in [3.8, 4) is 11.5 Å². The van der Waals surface area contributed by atoms with E-state index in [0.29, 0.717) is 19.0 Å². The highest BCUT2D eigenvalue weighted by Gasteiger charge is 2.29. The first kappa shape index (κ1) is 15.9. The zero-order valence-electron chi connectivity index (χ0n) is 11.8. The summed E-state index contributed by atoms with van der Waals surface area (Å²) >= 11 is 1.47. The summed E-state index contributed by atoms with van der Waals surface area (Å²) in [7, 11) is 1.62. The molecule has 1 heterocycles. The lowest BCUT2D eigenvalue weighted by atomic mass is 10.3. The van der Waals surface area contributed by atoms with E-state index in [4.69, 9.17) is 19.3 Å². The van der Waals surface area contributed by atoms with Crippen LogP contribution in [0.25, 0.3) is 0 Å². The first-order valence-corrected chi connectivity index (χ1v) is 7.73. The average Bonchev–Trinajstić information content (AvgIpc) is 2.97. The van der Waals surface area contributed by atoms with Crippen molar-refractivity contribution >= 4 is 17.7 Å². The Balaban J connectivity index is 1.57. The van der Waals surface area contributed by atoms with Gasteiger partial charge in [0.1, 0.15) is 17.5 Å². The zero-order valence-corrected chi connectivity index (χ0v) is 12.6. The largest absolute Gasteiger partial charge is 0.497 e. The third-order valence-electron chi connectivity index (χ3n) is 2.94. The second kappa shape index (κ2) is 8.11. The van der Waals surface area contributed by atoms with Gasteiger partial charge in [-0.1, -0.05) is 0 Å². The highest BCUT2D eigenvalue weighted by atomic mass is 32.2. The number of ether oxygens (including phenoxy) is 3. The molecule has 6 nitrogen and oxygen atoms in total. The van der Waals surface area contributed by atoms with Gasteiger partial charge in [-0.05, 0) is 24.3 Å². The van der Waals surface area contributed by atoms with Crippen LogP contribution in [0.15, 0.2) is 24.3 Å². The quantitative estimate of drug-likeness (QED) is 0.705. The number of hydrogen-bond acceptors (Lipinski definition) is 6. The highest BCUT2D eigenvalue weighted by molar-refractivity contribution is 8.00. The van der Waals surface area contributed by atoms with Crippen LogP contribution in [0.4, 0.5) is 0 Å². The van der Waals surface area contributed by atoms with Crippen molar-refractivity contribution in [3.63, 3.8) is 0 Å². The molecule has 2 rings (SSSR count). The van der Waals surface area contributed by atoms with Gasteiger partial charge in [0.05, 0.1) is 20.3 Å². The van der Waals surface area contributed by atoms with Crippen LogP contribution in [0.1, 0.15) is 6.42 Å². The third-order valence-corrected chi connectivity index (χ3v) is 4.04. The van der Waals surface area contributed by atoms with Gasteiger partial charge in [-0.15, -0.1) is 11.8 Å². The molecule has 1 saturated heterocycles. The minimum Gasteiger partial charge on any atom is -0.497 e. The summed E-state index contributed by atoms with van der Waals surface area (Å²) in [5.41, 5.74) is -0.243. The fourth-order valence-corrected chi connectivity index (χ4v) is 2.85. The molecule has 2 N–H and O–H groups in total. The number of carboxylic acids is 1. The van der Waals surface area contributed by atoms with E-state index in [9.17, 15) is 4.79 Å². The van der Waals surface area contributed by atoms with Crippen LogP contribution in [0.2, 0.25) is 0 Å². The van der Waals surface area contributed by atoms with Crippen LogP contribution < -0.4 is 14.8 Å². The van der Waals surface area contributed by atoms with Crippen molar-refractivity contribution in [3.05, 3.63) is 24.3 Å². The van der Waals surface area contributed by atoms with Gasteiger partial charge >= 0.3 is 5.97 Å². The molecule has 0 bridgehead atoms. The Labute approximate surface area is 127 Å². The normalized spacial score (nSPS) is 21.2. The van der Waals surface area contributed by atoms with Crippen molar-refractivity contribution in [2.45, 2.75) is 18.0 Å². The summed E-state index contributed by atoms with van der Waals surface area (Å²) in [5, 5.41) is 11.7. The number of thioether (sulfide) groups is 1. The lowest BCUT2D eigenvalue weighted by molar-refractivity contribution is -0.139. The summed E-state index contributed by atoms with van der Waals surface area (Å²) in [4.78, 5) is 10.8. The van der Waals surface area contributed by atoms with Crippen molar-refractivity contribution in [1.29, 1.82) is 0 Å². The molecule has 7 heteroatoms. The van der Waals surface area contributed by atoms with Gasteiger partial charge in [0.15, 0.2) is 5.56 Å². The second-order valence-electron chi connectivity index (χ2n) is 4.47. The van der Waals surface area contributed by atoms with Crippen LogP contribution in [0, 0.1) is 0 Å². The van der Waals surface area contributed by atoms with Gasteiger partial charge in [-0.3, -0.25) is 10.1 Å². The summed E-state index contributed by atoms with van der Waals surface area (Å²) in [6.07, 6.45) is 0.739. The fourth-order valence-electron chi connectivity index (χ4n) is 1.79. The van der Waals surface area contributed by atoms with Crippen molar-refractivity contribution in [2.75, 3.05) is 26.1 Å². The van der Waals surface area contributed by atoms with E-state index in [1.54, 1.807) is 7.11 Å². The lowest BCUT2D eigenvalue weighted by Crippen LogP contribution is -2.37. The molecule has 0 radical (unpaired) electrons. The maximum Gasteiger partial charge on any atom is 0.321 e. The number of benzene rings is 1. The van der Waals surface area contributed by atoms with E-state index < -0.39 is 12.0 Å². The van der Waals surface area contributed by atoms with Gasteiger partial charge in [0.2, 0.25) is 0 Å². The van der Waals surface area contributed by atoms with Crippen molar-refractivity contribution in [1.82, 2.24) is 5.32 Å². The monoisotopic (exact) mass is 313 g/mol. The van der Waals surface area contributed by atoms with Crippen LogP contribution in [0.5, 0.6) is 11.5 Å². The Morgan fingerprint density at radius 1 is 1.33 bits per heavy atom. The number of nitrogens with one attached hydrogen (secondary N) is 1. The van der Waals surface area contributed by atoms with E-state index in [2.05, 4.69) is 5.32 Å². The molecule has 116 valence electrons. The smallest absolute Gasteiger partial charge is 0.321 e. The minimum atomic E-state index is -0.837. The number of aliphatic carboxylic acids is 1.